The molecule has 2 rings (SSSR count). The van der Waals surface area contributed by atoms with Crippen LogP contribution in [0.2, 0.25) is 5.02 Å². The van der Waals surface area contributed by atoms with Gasteiger partial charge in [-0.05, 0) is 49.7 Å². The molecule has 1 aromatic heterocycles. The van der Waals surface area contributed by atoms with Crippen molar-refractivity contribution in [2.45, 2.75) is 46.5 Å². The zero-order valence-electron chi connectivity index (χ0n) is 15.4. The third-order valence-corrected chi connectivity index (χ3v) is 4.12. The Balaban J connectivity index is 2.30. The first-order valence-electron chi connectivity index (χ1n) is 8.90. The Bertz CT molecular complexity index is 801. The number of nitrogens with zero attached hydrogens (tertiary/aromatic N) is 3. The molecule has 0 aliphatic carbocycles. The van der Waals surface area contributed by atoms with Crippen LogP contribution in [0.3, 0.4) is 0 Å². The van der Waals surface area contributed by atoms with E-state index in [1.54, 1.807) is 17.0 Å². The normalized spacial score (nSPS) is 11.2. The van der Waals surface area contributed by atoms with Gasteiger partial charge in [0.1, 0.15) is 0 Å². The number of rotatable bonds is 10. The molecule has 0 saturated carbocycles. The Labute approximate surface area is 164 Å². The predicted octanol–water partition coefficient (Wildman–Crippen LogP) is 5.01. The number of H-pyrrole nitrogens is 1. The summed E-state index contributed by atoms with van der Waals surface area (Å²) in [6.45, 7) is 7.20. The fourth-order valence-electron chi connectivity index (χ4n) is 2.33. The Morgan fingerprint density at radius 2 is 2.08 bits per heavy atom. The number of nitrogens with one attached hydrogen (secondary N) is 1. The van der Waals surface area contributed by atoms with Crippen molar-refractivity contribution in [3.63, 3.8) is 0 Å². The van der Waals surface area contributed by atoms with E-state index < -0.39 is 0 Å². The lowest BCUT2D eigenvalue weighted by atomic mass is 10.2. The van der Waals surface area contributed by atoms with Crippen LogP contribution in [0.5, 0.6) is 11.5 Å². The molecule has 1 heterocycles. The molecule has 0 bridgehead atoms. The van der Waals surface area contributed by atoms with E-state index in [9.17, 15) is 0 Å². The van der Waals surface area contributed by atoms with Crippen molar-refractivity contribution in [2.75, 3.05) is 13.2 Å². The first-order chi connectivity index (χ1) is 12.6. The van der Waals surface area contributed by atoms with Crippen LogP contribution in [0.1, 0.15) is 51.4 Å². The van der Waals surface area contributed by atoms with E-state index in [1.807, 2.05) is 19.9 Å². The molecule has 0 aliphatic heterocycles. The second-order valence-electron chi connectivity index (χ2n) is 5.72. The molecule has 1 N–H and O–H groups in total. The summed E-state index contributed by atoms with van der Waals surface area (Å²) < 4.78 is 13.5. The second-order valence-corrected chi connectivity index (χ2v) is 6.51. The van der Waals surface area contributed by atoms with Gasteiger partial charge in [0.2, 0.25) is 4.77 Å². The summed E-state index contributed by atoms with van der Waals surface area (Å²) >= 11 is 11.6. The summed E-state index contributed by atoms with van der Waals surface area (Å²) in [5.41, 5.74) is 0.798. The van der Waals surface area contributed by atoms with Gasteiger partial charge >= 0.3 is 0 Å². The average molecular weight is 397 g/mol. The number of benzene rings is 1. The van der Waals surface area contributed by atoms with E-state index >= 15 is 0 Å². The molecule has 6 nitrogen and oxygen atoms in total. The zero-order chi connectivity index (χ0) is 18.9. The van der Waals surface area contributed by atoms with Crippen LogP contribution in [0.25, 0.3) is 0 Å². The Hall–Kier alpha value is -1.86. The molecule has 0 aliphatic rings. The quantitative estimate of drug-likeness (QED) is 0.453. The minimum atomic E-state index is 0.464. The topological polar surface area (TPSA) is 64.4 Å². The molecule has 0 saturated heterocycles. The number of aromatic nitrogens is 3. The van der Waals surface area contributed by atoms with Crippen LogP contribution >= 0.6 is 23.8 Å². The van der Waals surface area contributed by atoms with Crippen molar-refractivity contribution >= 4 is 30.0 Å². The summed E-state index contributed by atoms with van der Waals surface area (Å²) in [7, 11) is 0. The molecule has 0 unspecified atom stereocenters. The highest BCUT2D eigenvalue weighted by atomic mass is 35.5. The summed E-state index contributed by atoms with van der Waals surface area (Å²) in [5.74, 6) is 1.99. The lowest BCUT2D eigenvalue weighted by Gasteiger charge is -2.13. The number of hydrogen-bond acceptors (Lipinski definition) is 5. The van der Waals surface area contributed by atoms with Gasteiger partial charge in [0.15, 0.2) is 17.3 Å². The van der Waals surface area contributed by atoms with Crippen molar-refractivity contribution in [1.29, 1.82) is 0 Å². The summed E-state index contributed by atoms with van der Waals surface area (Å²) in [4.78, 5) is 0. The van der Waals surface area contributed by atoms with Crippen LogP contribution in [-0.4, -0.2) is 34.3 Å². The maximum Gasteiger partial charge on any atom is 0.216 e. The highest BCUT2D eigenvalue weighted by Crippen LogP contribution is 2.36. The molecule has 0 radical (unpaired) electrons. The lowest BCUT2D eigenvalue weighted by Crippen LogP contribution is -2.02. The first kappa shape index (κ1) is 20.5. The number of unbranched alkanes of at least 4 members (excludes halogenated alkanes) is 1. The molecular formula is C18H25ClN4O2S. The maximum absolute atomic E-state index is 6.39. The molecular weight excluding hydrogens is 372 g/mol. The van der Waals surface area contributed by atoms with Gasteiger partial charge in [0.25, 0.3) is 0 Å². The average Bonchev–Trinajstić information content (AvgIpc) is 2.97. The second kappa shape index (κ2) is 10.3. The molecule has 2 aromatic rings. The molecule has 0 fully saturated rings. The van der Waals surface area contributed by atoms with Crippen molar-refractivity contribution in [1.82, 2.24) is 14.9 Å². The maximum atomic E-state index is 6.39. The van der Waals surface area contributed by atoms with Gasteiger partial charge in [-0.25, -0.2) is 0 Å². The standard InChI is InChI=1S/C18H25ClN4O2S/c1-4-7-8-16-21-22-18(26)23(16)20-12-13-10-14(19)17(25-9-5-2)15(11-13)24-6-3/h10-12H,4-9H2,1-3H3,(H,22,26)/b20-12-. The molecule has 0 spiro atoms. The van der Waals surface area contributed by atoms with E-state index in [0.29, 0.717) is 34.5 Å². The minimum absolute atomic E-state index is 0.464. The van der Waals surface area contributed by atoms with Gasteiger partial charge < -0.3 is 9.47 Å². The van der Waals surface area contributed by atoms with Crippen LogP contribution in [-0.2, 0) is 6.42 Å². The fourth-order valence-corrected chi connectivity index (χ4v) is 2.81. The van der Waals surface area contributed by atoms with Gasteiger partial charge in [-0.3, -0.25) is 5.10 Å². The third-order valence-electron chi connectivity index (χ3n) is 3.58. The van der Waals surface area contributed by atoms with Gasteiger partial charge in [-0.15, -0.1) is 0 Å². The Morgan fingerprint density at radius 3 is 2.77 bits per heavy atom. The first-order valence-corrected chi connectivity index (χ1v) is 9.69. The summed E-state index contributed by atoms with van der Waals surface area (Å²) in [6, 6.07) is 3.66. The van der Waals surface area contributed by atoms with E-state index in [4.69, 9.17) is 33.3 Å². The smallest absolute Gasteiger partial charge is 0.216 e. The van der Waals surface area contributed by atoms with E-state index in [1.165, 1.54) is 0 Å². The molecule has 0 atom stereocenters. The van der Waals surface area contributed by atoms with Gasteiger partial charge in [-0.2, -0.15) is 14.9 Å². The molecule has 142 valence electrons. The van der Waals surface area contributed by atoms with Crippen LogP contribution in [0, 0.1) is 4.77 Å². The van der Waals surface area contributed by atoms with Crippen LogP contribution < -0.4 is 9.47 Å². The van der Waals surface area contributed by atoms with Gasteiger partial charge in [-0.1, -0.05) is 31.9 Å². The van der Waals surface area contributed by atoms with Gasteiger partial charge in [0.05, 0.1) is 24.5 Å². The van der Waals surface area contributed by atoms with E-state index in [-0.39, 0.29) is 0 Å². The van der Waals surface area contributed by atoms with Crippen molar-refractivity contribution < 1.29 is 9.47 Å². The van der Waals surface area contributed by atoms with Crippen LogP contribution in [0.4, 0.5) is 0 Å². The highest BCUT2D eigenvalue weighted by Gasteiger charge is 2.12. The molecule has 26 heavy (non-hydrogen) atoms. The van der Waals surface area contributed by atoms with E-state index in [2.05, 4.69) is 22.2 Å². The summed E-state index contributed by atoms with van der Waals surface area (Å²) in [6.07, 6.45) is 5.51. The number of aryl methyl sites for hydroxylation is 1. The highest BCUT2D eigenvalue weighted by molar-refractivity contribution is 7.71. The SMILES string of the molecule is CCCCc1n[nH]c(=S)n1/N=C\c1cc(Cl)c(OCCC)c(OCC)c1. The number of ether oxygens (including phenoxy) is 2. The fraction of sp³-hybridized carbons (Fsp3) is 0.500. The lowest BCUT2D eigenvalue weighted by molar-refractivity contribution is 0.277. The molecule has 1 aromatic carbocycles. The molecule has 0 amide bonds. The number of halogens is 1. The predicted molar refractivity (Wildman–Crippen MR) is 107 cm³/mol. The largest absolute Gasteiger partial charge is 0.490 e. The van der Waals surface area contributed by atoms with Crippen molar-refractivity contribution in [2.24, 2.45) is 5.10 Å². The Morgan fingerprint density at radius 1 is 1.27 bits per heavy atom. The molecule has 8 heteroatoms. The minimum Gasteiger partial charge on any atom is -0.490 e. The Kier molecular flexibility index (Phi) is 8.12. The van der Waals surface area contributed by atoms with Crippen molar-refractivity contribution in [3.8, 4) is 11.5 Å². The van der Waals surface area contributed by atoms with Crippen LogP contribution in [0.15, 0.2) is 17.2 Å². The summed E-state index contributed by atoms with van der Waals surface area (Å²) in [5, 5.41) is 12.0. The number of hydrogen-bond donors (Lipinski definition) is 1. The third kappa shape index (κ3) is 5.32. The van der Waals surface area contributed by atoms with Crippen molar-refractivity contribution in [3.05, 3.63) is 33.3 Å². The van der Waals surface area contributed by atoms with Gasteiger partial charge in [0, 0.05) is 6.42 Å². The zero-order valence-corrected chi connectivity index (χ0v) is 17.0. The number of aromatic amines is 1. The monoisotopic (exact) mass is 396 g/mol. The van der Waals surface area contributed by atoms with E-state index in [0.717, 1.165) is 37.1 Å².